The van der Waals surface area contributed by atoms with Gasteiger partial charge in [-0.1, -0.05) is 54.5 Å². The van der Waals surface area contributed by atoms with E-state index in [0.717, 1.165) is 33.7 Å². The van der Waals surface area contributed by atoms with Gasteiger partial charge in [0.15, 0.2) is 13.1 Å². The van der Waals surface area contributed by atoms with Crippen molar-refractivity contribution in [3.05, 3.63) is 65.0 Å². The second kappa shape index (κ2) is 8.80. The van der Waals surface area contributed by atoms with Crippen LogP contribution in [-0.4, -0.2) is 29.6 Å². The van der Waals surface area contributed by atoms with Gasteiger partial charge in [-0.3, -0.25) is 4.79 Å². The minimum absolute atomic E-state index is 0.0372. The smallest absolute Gasteiger partial charge is 0.282 e. The van der Waals surface area contributed by atoms with Gasteiger partial charge in [-0.05, 0) is 37.0 Å². The second-order valence-electron chi connectivity index (χ2n) is 7.19. The summed E-state index contributed by atoms with van der Waals surface area (Å²) in [5.41, 5.74) is 5.20. The lowest BCUT2D eigenvalue weighted by Crippen LogP contribution is -3.08. The Hall–Kier alpha value is -2.99. The normalized spacial score (nSPS) is 12.0. The molecule has 2 aromatic carbocycles. The number of nitrogens with zero attached hydrogens (tertiary/aromatic N) is 2. The van der Waals surface area contributed by atoms with Crippen molar-refractivity contribution in [1.29, 1.82) is 0 Å². The molecule has 1 aromatic heterocycles. The van der Waals surface area contributed by atoms with Gasteiger partial charge in [0.05, 0.1) is 7.05 Å². The number of rotatable bonds is 7. The molecule has 3 rings (SSSR count). The standard InChI is InChI=1S/C22H26N4O2/c1-5-17-9-11-18(12-10-17)22-24-20(28-25-22)14-26(4)13-19(27)23-21-15(2)7-6-8-16(21)3/h6-12H,5,13-14H2,1-4H3,(H,23,27)/p+1. The van der Waals surface area contributed by atoms with Crippen molar-refractivity contribution in [2.24, 2.45) is 0 Å². The Morgan fingerprint density at radius 2 is 1.79 bits per heavy atom. The van der Waals surface area contributed by atoms with Gasteiger partial charge in [0.1, 0.15) is 0 Å². The molecule has 0 spiro atoms. The molecule has 0 fully saturated rings. The summed E-state index contributed by atoms with van der Waals surface area (Å²) in [5, 5.41) is 7.08. The monoisotopic (exact) mass is 379 g/mol. The summed E-state index contributed by atoms with van der Waals surface area (Å²) in [6.45, 7) is 6.91. The topological polar surface area (TPSA) is 72.5 Å². The molecule has 1 atom stereocenters. The number of anilines is 1. The van der Waals surface area contributed by atoms with E-state index in [1.54, 1.807) is 0 Å². The van der Waals surface area contributed by atoms with Gasteiger partial charge in [-0.15, -0.1) is 0 Å². The molecule has 0 aliphatic rings. The molecular weight excluding hydrogens is 352 g/mol. The SMILES string of the molecule is CCc1ccc(-c2noc(C[NH+](C)CC(=O)Nc3c(C)cccc3C)n2)cc1. The Balaban J connectivity index is 1.58. The van der Waals surface area contributed by atoms with Crippen LogP contribution in [0.5, 0.6) is 0 Å². The van der Waals surface area contributed by atoms with Crippen LogP contribution in [0.2, 0.25) is 0 Å². The van der Waals surface area contributed by atoms with E-state index in [2.05, 4.69) is 34.5 Å². The number of likely N-dealkylation sites (N-methyl/N-ethyl adjacent to an activating group) is 1. The maximum atomic E-state index is 12.4. The lowest BCUT2D eigenvalue weighted by molar-refractivity contribution is -0.886. The number of nitrogens with one attached hydrogen (secondary N) is 2. The molecule has 2 N–H and O–H groups in total. The zero-order chi connectivity index (χ0) is 20.1. The maximum Gasteiger partial charge on any atom is 0.282 e. The number of para-hydroxylation sites is 1. The highest BCUT2D eigenvalue weighted by atomic mass is 16.5. The summed E-state index contributed by atoms with van der Waals surface area (Å²) in [6, 6.07) is 14.1. The van der Waals surface area contributed by atoms with E-state index in [1.807, 2.05) is 51.2 Å². The van der Waals surface area contributed by atoms with Crippen molar-refractivity contribution in [2.45, 2.75) is 33.7 Å². The molecule has 3 aromatic rings. The zero-order valence-electron chi connectivity index (χ0n) is 16.9. The van der Waals surface area contributed by atoms with Gasteiger partial charge < -0.3 is 14.7 Å². The molecule has 0 aliphatic carbocycles. The minimum Gasteiger partial charge on any atom is -0.333 e. The first kappa shape index (κ1) is 19.8. The van der Waals surface area contributed by atoms with E-state index in [-0.39, 0.29) is 5.91 Å². The van der Waals surface area contributed by atoms with Crippen LogP contribution in [-0.2, 0) is 17.8 Å². The van der Waals surface area contributed by atoms with Gasteiger partial charge in [-0.25, -0.2) is 0 Å². The van der Waals surface area contributed by atoms with Crippen LogP contribution in [0.3, 0.4) is 0 Å². The quantitative estimate of drug-likeness (QED) is 0.662. The summed E-state index contributed by atoms with van der Waals surface area (Å²) in [6.07, 6.45) is 0.996. The van der Waals surface area contributed by atoms with Crippen molar-refractivity contribution in [3.8, 4) is 11.4 Å². The first-order valence-electron chi connectivity index (χ1n) is 9.55. The van der Waals surface area contributed by atoms with Crippen LogP contribution in [0.25, 0.3) is 11.4 Å². The largest absolute Gasteiger partial charge is 0.333 e. The maximum absolute atomic E-state index is 12.4. The third-order valence-corrected chi connectivity index (χ3v) is 4.75. The first-order valence-corrected chi connectivity index (χ1v) is 9.55. The number of amides is 1. The molecule has 0 bridgehead atoms. The van der Waals surface area contributed by atoms with Crippen LogP contribution in [0.4, 0.5) is 5.69 Å². The van der Waals surface area contributed by atoms with E-state index in [4.69, 9.17) is 4.52 Å². The molecule has 1 heterocycles. The van der Waals surface area contributed by atoms with Crippen LogP contribution < -0.4 is 10.2 Å². The van der Waals surface area contributed by atoms with Gasteiger partial charge in [0.25, 0.3) is 11.8 Å². The number of benzene rings is 2. The number of aryl methyl sites for hydroxylation is 3. The lowest BCUT2D eigenvalue weighted by Gasteiger charge is -2.14. The minimum atomic E-state index is -0.0372. The molecule has 28 heavy (non-hydrogen) atoms. The van der Waals surface area contributed by atoms with E-state index in [1.165, 1.54) is 5.56 Å². The molecule has 6 heteroatoms. The Labute approximate surface area is 165 Å². The predicted octanol–water partition coefficient (Wildman–Crippen LogP) is 2.57. The average Bonchev–Trinajstić information content (AvgIpc) is 3.13. The summed E-state index contributed by atoms with van der Waals surface area (Å²) >= 11 is 0. The average molecular weight is 379 g/mol. The van der Waals surface area contributed by atoms with Gasteiger partial charge in [0, 0.05) is 11.3 Å². The number of carbonyl (C=O) groups excluding carboxylic acids is 1. The third-order valence-electron chi connectivity index (χ3n) is 4.75. The van der Waals surface area contributed by atoms with Gasteiger partial charge in [-0.2, -0.15) is 4.98 Å². The lowest BCUT2D eigenvalue weighted by atomic mass is 10.1. The molecule has 0 radical (unpaired) electrons. The van der Waals surface area contributed by atoms with Gasteiger partial charge >= 0.3 is 0 Å². The summed E-state index contributed by atoms with van der Waals surface area (Å²) in [4.78, 5) is 17.8. The fourth-order valence-corrected chi connectivity index (χ4v) is 3.12. The Bertz CT molecular complexity index is 927. The van der Waals surface area contributed by atoms with E-state index < -0.39 is 0 Å². The molecule has 1 amide bonds. The molecule has 0 saturated heterocycles. The van der Waals surface area contributed by atoms with E-state index in [0.29, 0.717) is 24.8 Å². The van der Waals surface area contributed by atoms with Crippen LogP contribution in [0, 0.1) is 13.8 Å². The molecule has 0 saturated carbocycles. The molecule has 146 valence electrons. The zero-order valence-corrected chi connectivity index (χ0v) is 16.9. The van der Waals surface area contributed by atoms with E-state index in [9.17, 15) is 4.79 Å². The molecule has 0 aliphatic heterocycles. The molecule has 1 unspecified atom stereocenters. The Kier molecular flexibility index (Phi) is 6.21. The van der Waals surface area contributed by atoms with Crippen molar-refractivity contribution in [3.63, 3.8) is 0 Å². The van der Waals surface area contributed by atoms with Crippen molar-refractivity contribution in [2.75, 3.05) is 18.9 Å². The van der Waals surface area contributed by atoms with Crippen LogP contribution in [0.15, 0.2) is 47.0 Å². The number of carbonyl (C=O) groups is 1. The molecular formula is C22H27N4O2+. The number of quaternary nitrogens is 1. The number of hydrogen-bond donors (Lipinski definition) is 2. The van der Waals surface area contributed by atoms with Crippen LogP contribution >= 0.6 is 0 Å². The number of hydrogen-bond acceptors (Lipinski definition) is 4. The first-order chi connectivity index (χ1) is 13.5. The highest BCUT2D eigenvalue weighted by Crippen LogP contribution is 2.19. The third kappa shape index (κ3) is 4.84. The fraction of sp³-hybridized carbons (Fsp3) is 0.318. The van der Waals surface area contributed by atoms with Crippen molar-refractivity contribution < 1.29 is 14.2 Å². The summed E-state index contributed by atoms with van der Waals surface area (Å²) < 4.78 is 5.37. The van der Waals surface area contributed by atoms with Crippen molar-refractivity contribution in [1.82, 2.24) is 10.1 Å². The second-order valence-corrected chi connectivity index (χ2v) is 7.19. The Morgan fingerprint density at radius 1 is 1.11 bits per heavy atom. The summed E-state index contributed by atoms with van der Waals surface area (Å²) in [5.74, 6) is 1.06. The van der Waals surface area contributed by atoms with Crippen molar-refractivity contribution >= 4 is 11.6 Å². The highest BCUT2D eigenvalue weighted by Gasteiger charge is 2.17. The highest BCUT2D eigenvalue weighted by molar-refractivity contribution is 5.93. The number of aromatic nitrogens is 2. The Morgan fingerprint density at radius 3 is 2.43 bits per heavy atom. The summed E-state index contributed by atoms with van der Waals surface area (Å²) in [7, 11) is 1.93. The predicted molar refractivity (Wildman–Crippen MR) is 109 cm³/mol. The fourth-order valence-electron chi connectivity index (χ4n) is 3.12. The van der Waals surface area contributed by atoms with E-state index >= 15 is 0 Å². The van der Waals surface area contributed by atoms with Crippen LogP contribution in [0.1, 0.15) is 29.5 Å². The molecule has 6 nitrogen and oxygen atoms in total. The van der Waals surface area contributed by atoms with Gasteiger partial charge in [0.2, 0.25) is 5.82 Å².